The van der Waals surface area contributed by atoms with Gasteiger partial charge in [0.15, 0.2) is 11.4 Å². The van der Waals surface area contributed by atoms with Gasteiger partial charge in [-0.3, -0.25) is 9.59 Å². The van der Waals surface area contributed by atoms with Crippen molar-refractivity contribution >= 4 is 28.4 Å². The number of carbonyl (C=O) groups excluding carboxylic acids is 2. The zero-order valence-electron chi connectivity index (χ0n) is 20.6. The maximum atomic E-state index is 12.6. The molecular formula is C28H30N4O2. The zero-order valence-corrected chi connectivity index (χ0v) is 20.6. The average molecular weight is 455 g/mol. The smallest absolute Gasteiger partial charge is 0.224 e. The Balaban J connectivity index is 1.60. The first-order valence-corrected chi connectivity index (χ1v) is 11.5. The molecule has 6 heteroatoms. The summed E-state index contributed by atoms with van der Waals surface area (Å²) in [5, 5.41) is 8.73. The number of aromatic nitrogens is 3. The van der Waals surface area contributed by atoms with Crippen LogP contribution in [0.2, 0.25) is 0 Å². The quantitative estimate of drug-likeness (QED) is 0.377. The number of anilines is 1. The molecule has 0 aliphatic rings. The molecule has 174 valence electrons. The molecule has 6 nitrogen and oxygen atoms in total. The van der Waals surface area contributed by atoms with Crippen molar-refractivity contribution in [1.29, 1.82) is 0 Å². The number of Topliss-reactive ketones (excluding diaryl/α,β-unsaturated/α-hetero) is 1. The molecule has 2 aromatic heterocycles. The fourth-order valence-corrected chi connectivity index (χ4v) is 4.39. The molecule has 4 rings (SSSR count). The molecule has 4 aromatic rings. The van der Waals surface area contributed by atoms with E-state index in [9.17, 15) is 9.59 Å². The van der Waals surface area contributed by atoms with Gasteiger partial charge in [-0.2, -0.15) is 5.10 Å². The van der Waals surface area contributed by atoms with Crippen molar-refractivity contribution in [2.75, 3.05) is 5.32 Å². The number of ketones is 1. The molecular weight excluding hydrogens is 424 g/mol. The highest BCUT2D eigenvalue weighted by molar-refractivity contribution is 5.97. The summed E-state index contributed by atoms with van der Waals surface area (Å²) in [5.74, 6) is -0.124. The van der Waals surface area contributed by atoms with Crippen LogP contribution in [0.15, 0.2) is 42.5 Å². The summed E-state index contributed by atoms with van der Waals surface area (Å²) in [6.07, 6.45) is 0.899. The van der Waals surface area contributed by atoms with Gasteiger partial charge in [-0.1, -0.05) is 18.2 Å². The van der Waals surface area contributed by atoms with Crippen molar-refractivity contribution in [2.45, 2.75) is 54.4 Å². The van der Waals surface area contributed by atoms with E-state index in [2.05, 4.69) is 44.3 Å². The molecule has 0 atom stereocenters. The SMILES string of the molecule is CC(=O)c1cccc(NC(=O)CCc2c(C)nc3c(c(C)nn3-c3ccc(C)c(C)c3)c2C)c1. The number of nitrogens with zero attached hydrogens (tertiary/aromatic N) is 3. The Hall–Kier alpha value is -3.80. The third-order valence-electron chi connectivity index (χ3n) is 6.46. The van der Waals surface area contributed by atoms with E-state index < -0.39 is 0 Å². The van der Waals surface area contributed by atoms with Gasteiger partial charge in [-0.25, -0.2) is 9.67 Å². The van der Waals surface area contributed by atoms with Crippen LogP contribution in [0.1, 0.15) is 57.3 Å². The van der Waals surface area contributed by atoms with Gasteiger partial charge in [-0.05, 0) is 94.5 Å². The van der Waals surface area contributed by atoms with E-state index in [0.717, 1.165) is 39.2 Å². The van der Waals surface area contributed by atoms with Gasteiger partial charge in [-0.15, -0.1) is 0 Å². The number of hydrogen-bond acceptors (Lipinski definition) is 4. The van der Waals surface area contributed by atoms with Crippen molar-refractivity contribution in [3.8, 4) is 5.69 Å². The molecule has 0 spiro atoms. The number of hydrogen-bond donors (Lipinski definition) is 1. The number of aryl methyl sites for hydroxylation is 5. The van der Waals surface area contributed by atoms with E-state index in [4.69, 9.17) is 10.1 Å². The van der Waals surface area contributed by atoms with E-state index in [0.29, 0.717) is 24.1 Å². The van der Waals surface area contributed by atoms with Crippen LogP contribution in [-0.4, -0.2) is 26.5 Å². The molecule has 1 N–H and O–H groups in total. The fourth-order valence-electron chi connectivity index (χ4n) is 4.39. The lowest BCUT2D eigenvalue weighted by atomic mass is 9.99. The van der Waals surface area contributed by atoms with Crippen LogP contribution in [0.5, 0.6) is 0 Å². The molecule has 0 unspecified atom stereocenters. The summed E-state index contributed by atoms with van der Waals surface area (Å²) >= 11 is 0. The lowest BCUT2D eigenvalue weighted by Gasteiger charge is -2.12. The van der Waals surface area contributed by atoms with Crippen molar-refractivity contribution in [3.63, 3.8) is 0 Å². The molecule has 0 fully saturated rings. The highest BCUT2D eigenvalue weighted by Crippen LogP contribution is 2.29. The monoisotopic (exact) mass is 454 g/mol. The highest BCUT2D eigenvalue weighted by atomic mass is 16.1. The number of pyridine rings is 1. The maximum absolute atomic E-state index is 12.6. The van der Waals surface area contributed by atoms with Crippen LogP contribution in [0, 0.1) is 34.6 Å². The first kappa shape index (κ1) is 23.4. The molecule has 2 aromatic carbocycles. The summed E-state index contributed by atoms with van der Waals surface area (Å²) in [6.45, 7) is 11.8. The summed E-state index contributed by atoms with van der Waals surface area (Å²) in [6, 6.07) is 13.3. The second-order valence-electron chi connectivity index (χ2n) is 8.95. The summed E-state index contributed by atoms with van der Waals surface area (Å²) < 4.78 is 1.91. The van der Waals surface area contributed by atoms with Crippen molar-refractivity contribution < 1.29 is 9.59 Å². The molecule has 34 heavy (non-hydrogen) atoms. The van der Waals surface area contributed by atoms with Gasteiger partial charge < -0.3 is 5.32 Å². The zero-order chi connectivity index (χ0) is 24.6. The lowest BCUT2D eigenvalue weighted by Crippen LogP contribution is -2.14. The first-order valence-electron chi connectivity index (χ1n) is 11.5. The van der Waals surface area contributed by atoms with E-state index in [1.54, 1.807) is 24.3 Å². The molecule has 0 radical (unpaired) electrons. The normalized spacial score (nSPS) is 11.1. The molecule has 1 amide bonds. The molecule has 0 bridgehead atoms. The topological polar surface area (TPSA) is 76.9 Å². The molecule has 0 aliphatic carbocycles. The fraction of sp³-hybridized carbons (Fsp3) is 0.286. The number of nitrogens with one attached hydrogen (secondary N) is 1. The van der Waals surface area contributed by atoms with Gasteiger partial charge in [0.25, 0.3) is 0 Å². The van der Waals surface area contributed by atoms with E-state index in [1.807, 2.05) is 18.5 Å². The van der Waals surface area contributed by atoms with Gasteiger partial charge >= 0.3 is 0 Å². The van der Waals surface area contributed by atoms with Crippen LogP contribution in [-0.2, 0) is 11.2 Å². The van der Waals surface area contributed by atoms with E-state index in [-0.39, 0.29) is 11.7 Å². The third-order valence-corrected chi connectivity index (χ3v) is 6.46. The lowest BCUT2D eigenvalue weighted by molar-refractivity contribution is -0.116. The Morgan fingerprint density at radius 3 is 2.41 bits per heavy atom. The predicted octanol–water partition coefficient (Wildman–Crippen LogP) is 5.74. The van der Waals surface area contributed by atoms with E-state index in [1.165, 1.54) is 18.1 Å². The summed E-state index contributed by atoms with van der Waals surface area (Å²) in [5.41, 5.74) is 9.50. The molecule has 0 saturated carbocycles. The minimum Gasteiger partial charge on any atom is -0.326 e. The highest BCUT2D eigenvalue weighted by Gasteiger charge is 2.18. The largest absolute Gasteiger partial charge is 0.326 e. The van der Waals surface area contributed by atoms with E-state index >= 15 is 0 Å². The number of rotatable bonds is 6. The number of carbonyl (C=O) groups is 2. The van der Waals surface area contributed by atoms with Gasteiger partial charge in [0, 0.05) is 28.8 Å². The van der Waals surface area contributed by atoms with Crippen LogP contribution in [0.4, 0.5) is 5.69 Å². The Morgan fingerprint density at radius 1 is 0.941 bits per heavy atom. The Morgan fingerprint density at radius 2 is 1.71 bits per heavy atom. The van der Waals surface area contributed by atoms with Crippen LogP contribution in [0.25, 0.3) is 16.7 Å². The predicted molar refractivity (Wildman–Crippen MR) is 136 cm³/mol. The van der Waals surface area contributed by atoms with Gasteiger partial charge in [0.2, 0.25) is 5.91 Å². The minimum absolute atomic E-state index is 0.0292. The van der Waals surface area contributed by atoms with Crippen molar-refractivity contribution in [1.82, 2.24) is 14.8 Å². The standard InChI is InChI=1S/C28H30N4O2/c1-16-10-11-24(14-17(16)2)32-28-27(20(5)31-32)18(3)25(19(4)29-28)12-13-26(34)30-23-9-7-8-22(15-23)21(6)33/h7-11,14-15H,12-13H2,1-6H3,(H,30,34). The third kappa shape index (κ3) is 4.49. The van der Waals surface area contributed by atoms with Crippen LogP contribution in [0.3, 0.4) is 0 Å². The number of fused-ring (bicyclic) bond motifs is 1. The summed E-state index contributed by atoms with van der Waals surface area (Å²) in [7, 11) is 0. The van der Waals surface area contributed by atoms with Crippen molar-refractivity contribution in [3.05, 3.63) is 81.7 Å². The summed E-state index contributed by atoms with van der Waals surface area (Å²) in [4.78, 5) is 29.1. The maximum Gasteiger partial charge on any atom is 0.224 e. The second-order valence-corrected chi connectivity index (χ2v) is 8.95. The number of benzene rings is 2. The van der Waals surface area contributed by atoms with Crippen LogP contribution >= 0.6 is 0 Å². The first-order chi connectivity index (χ1) is 16.2. The Bertz CT molecular complexity index is 1430. The average Bonchev–Trinajstić information content (AvgIpc) is 3.11. The van der Waals surface area contributed by atoms with Crippen LogP contribution < -0.4 is 5.32 Å². The minimum atomic E-state index is -0.0952. The molecule has 2 heterocycles. The molecule has 0 aliphatic heterocycles. The molecule has 0 saturated heterocycles. The Labute approximate surface area is 200 Å². The van der Waals surface area contributed by atoms with Gasteiger partial charge in [0.05, 0.1) is 11.4 Å². The van der Waals surface area contributed by atoms with Crippen molar-refractivity contribution in [2.24, 2.45) is 0 Å². The Kier molecular flexibility index (Phi) is 6.33. The van der Waals surface area contributed by atoms with Gasteiger partial charge in [0.1, 0.15) is 0 Å². The second kappa shape index (κ2) is 9.21. The number of amides is 1.